The van der Waals surface area contributed by atoms with E-state index in [4.69, 9.17) is 0 Å². The van der Waals surface area contributed by atoms with Gasteiger partial charge in [-0.15, -0.1) is 10.2 Å². The summed E-state index contributed by atoms with van der Waals surface area (Å²) in [6.07, 6.45) is 3.03. The monoisotopic (exact) mass is 380 g/mol. The maximum absolute atomic E-state index is 14.0. The molecule has 3 rings (SSSR count). The van der Waals surface area contributed by atoms with E-state index in [1.807, 2.05) is 13.8 Å². The lowest BCUT2D eigenvalue weighted by Crippen LogP contribution is -2.41. The Bertz CT molecular complexity index is 957. The first-order chi connectivity index (χ1) is 12.4. The average molecular weight is 380 g/mol. The van der Waals surface area contributed by atoms with Crippen LogP contribution >= 0.6 is 0 Å². The molecule has 26 heavy (non-hydrogen) atoms. The van der Waals surface area contributed by atoms with Gasteiger partial charge in [-0.05, 0) is 29.3 Å². The molecule has 0 fully saturated rings. The minimum Gasteiger partial charge on any atom is -0.207 e. The Morgan fingerprint density at radius 1 is 1.27 bits per heavy atom. The van der Waals surface area contributed by atoms with Gasteiger partial charge < -0.3 is 0 Å². The number of rotatable bonds is 7. The second-order valence-corrected chi connectivity index (χ2v) is 7.65. The maximum atomic E-state index is 14.0. The molecule has 0 spiro atoms. The minimum absolute atomic E-state index is 0.0205. The van der Waals surface area contributed by atoms with Gasteiger partial charge in [-0.1, -0.05) is 13.8 Å². The second-order valence-electron chi connectivity index (χ2n) is 5.93. The predicted molar refractivity (Wildman–Crippen MR) is 88.5 cm³/mol. The summed E-state index contributed by atoms with van der Waals surface area (Å²) in [5.74, 6) is -0.694. The zero-order valence-electron chi connectivity index (χ0n) is 14.0. The third-order valence-corrected chi connectivity index (χ3v) is 5.26. The quantitative estimate of drug-likeness (QED) is 0.613. The van der Waals surface area contributed by atoms with E-state index in [0.717, 1.165) is 6.07 Å². The summed E-state index contributed by atoms with van der Waals surface area (Å²) in [5, 5.41) is 20.9. The molecule has 0 aliphatic carbocycles. The Morgan fingerprint density at radius 2 is 2.00 bits per heavy atom. The van der Waals surface area contributed by atoms with Gasteiger partial charge in [-0.2, -0.15) is 20.2 Å². The van der Waals surface area contributed by atoms with Crippen LogP contribution < -0.4 is 4.72 Å². The summed E-state index contributed by atoms with van der Waals surface area (Å²) in [5.41, 5.74) is -0.0588. The first-order valence-corrected chi connectivity index (χ1v) is 9.25. The predicted octanol–water partition coefficient (Wildman–Crippen LogP) is 0.600. The van der Waals surface area contributed by atoms with Crippen molar-refractivity contribution >= 4 is 10.0 Å². The van der Waals surface area contributed by atoms with Crippen molar-refractivity contribution in [2.75, 3.05) is 0 Å². The van der Waals surface area contributed by atoms with Crippen molar-refractivity contribution in [3.05, 3.63) is 36.4 Å². The molecule has 1 aromatic carbocycles. The van der Waals surface area contributed by atoms with Gasteiger partial charge in [0.05, 0.1) is 29.4 Å². The molecular formula is C14H17FN8O2S. The van der Waals surface area contributed by atoms with Crippen LogP contribution in [-0.2, 0) is 16.6 Å². The van der Waals surface area contributed by atoms with Crippen LogP contribution in [0.2, 0.25) is 0 Å². The first kappa shape index (κ1) is 18.1. The van der Waals surface area contributed by atoms with Crippen LogP contribution in [0.25, 0.3) is 11.4 Å². The number of hydrogen-bond acceptors (Lipinski definition) is 7. The van der Waals surface area contributed by atoms with E-state index >= 15 is 0 Å². The Labute approximate surface area is 148 Å². The number of sulfonamides is 1. The number of hydrogen-bond donors (Lipinski definition) is 2. The fourth-order valence-corrected chi connectivity index (χ4v) is 3.69. The van der Waals surface area contributed by atoms with Crippen LogP contribution in [-0.4, -0.2) is 50.1 Å². The van der Waals surface area contributed by atoms with Crippen LogP contribution in [0.15, 0.2) is 35.5 Å². The summed E-state index contributed by atoms with van der Waals surface area (Å²) in [6, 6.07) is 2.96. The van der Waals surface area contributed by atoms with Crippen molar-refractivity contribution in [3.8, 4) is 11.4 Å². The summed E-state index contributed by atoms with van der Waals surface area (Å²) in [7, 11) is -3.91. The van der Waals surface area contributed by atoms with Gasteiger partial charge in [0.2, 0.25) is 15.8 Å². The number of nitrogens with zero attached hydrogens (tertiary/aromatic N) is 6. The Balaban J connectivity index is 1.88. The molecule has 2 heterocycles. The molecule has 10 nitrogen and oxygen atoms in total. The standard InChI is InChI=1S/C14H17FN8O2S/c1-9(2)13(8-23-16-5-6-17-23)20-26(24,25)10-3-4-12(15)11(7-10)14-18-21-22-19-14/h3-7,9,13,20H,8H2,1-2H3,(H,18,19,21,22). The van der Waals surface area contributed by atoms with E-state index in [-0.39, 0.29) is 28.7 Å². The zero-order valence-corrected chi connectivity index (χ0v) is 14.9. The van der Waals surface area contributed by atoms with Crippen molar-refractivity contribution in [3.63, 3.8) is 0 Å². The van der Waals surface area contributed by atoms with Crippen molar-refractivity contribution in [1.82, 2.24) is 40.3 Å². The van der Waals surface area contributed by atoms with E-state index in [1.165, 1.54) is 29.3 Å². The fraction of sp³-hybridized carbons (Fsp3) is 0.357. The van der Waals surface area contributed by atoms with Gasteiger partial charge in [0, 0.05) is 6.04 Å². The number of nitrogens with one attached hydrogen (secondary N) is 2. The van der Waals surface area contributed by atoms with Crippen LogP contribution in [0.1, 0.15) is 13.8 Å². The van der Waals surface area contributed by atoms with E-state index in [2.05, 4.69) is 35.5 Å². The highest BCUT2D eigenvalue weighted by molar-refractivity contribution is 7.89. The molecular weight excluding hydrogens is 363 g/mol. The van der Waals surface area contributed by atoms with Crippen LogP contribution in [0.3, 0.4) is 0 Å². The topological polar surface area (TPSA) is 131 Å². The molecule has 1 unspecified atom stereocenters. The summed E-state index contributed by atoms with van der Waals surface area (Å²) < 4.78 is 42.2. The van der Waals surface area contributed by atoms with E-state index in [9.17, 15) is 12.8 Å². The Hall–Kier alpha value is -2.73. The van der Waals surface area contributed by atoms with Crippen LogP contribution in [0.4, 0.5) is 4.39 Å². The Morgan fingerprint density at radius 3 is 2.62 bits per heavy atom. The van der Waals surface area contributed by atoms with Gasteiger partial charge >= 0.3 is 0 Å². The zero-order chi connectivity index (χ0) is 18.7. The number of H-pyrrole nitrogens is 1. The van der Waals surface area contributed by atoms with E-state index < -0.39 is 21.9 Å². The molecule has 0 saturated carbocycles. The molecule has 0 amide bonds. The minimum atomic E-state index is -3.91. The molecule has 1 atom stereocenters. The van der Waals surface area contributed by atoms with Gasteiger partial charge in [0.15, 0.2) is 0 Å². The Kier molecular flexibility index (Phi) is 5.04. The summed E-state index contributed by atoms with van der Waals surface area (Å²) in [4.78, 5) is 1.31. The molecule has 2 N–H and O–H groups in total. The number of tetrazole rings is 1. The molecule has 0 aliphatic heterocycles. The van der Waals surface area contributed by atoms with Crippen LogP contribution in [0.5, 0.6) is 0 Å². The van der Waals surface area contributed by atoms with Crippen molar-refractivity contribution in [2.24, 2.45) is 5.92 Å². The molecule has 0 saturated heterocycles. The molecule has 12 heteroatoms. The number of aromatic amines is 1. The first-order valence-electron chi connectivity index (χ1n) is 7.76. The molecule has 2 aromatic heterocycles. The highest BCUT2D eigenvalue weighted by atomic mass is 32.2. The lowest BCUT2D eigenvalue weighted by molar-refractivity contribution is 0.361. The fourth-order valence-electron chi connectivity index (χ4n) is 2.28. The molecule has 138 valence electrons. The van der Waals surface area contributed by atoms with E-state index in [1.54, 1.807) is 0 Å². The van der Waals surface area contributed by atoms with Crippen molar-refractivity contribution in [2.45, 2.75) is 31.3 Å². The smallest absolute Gasteiger partial charge is 0.207 e. The van der Waals surface area contributed by atoms with Gasteiger partial charge in [-0.3, -0.25) is 0 Å². The average Bonchev–Trinajstić information content (AvgIpc) is 3.27. The molecule has 3 aromatic rings. The van der Waals surface area contributed by atoms with Crippen LogP contribution in [0, 0.1) is 11.7 Å². The SMILES string of the molecule is CC(C)C(Cn1nccn1)NS(=O)(=O)c1ccc(F)c(-c2nn[nH]n2)c1. The van der Waals surface area contributed by atoms with E-state index in [0.29, 0.717) is 0 Å². The second kappa shape index (κ2) is 7.25. The number of halogens is 1. The highest BCUT2D eigenvalue weighted by Crippen LogP contribution is 2.23. The lowest BCUT2D eigenvalue weighted by atomic mass is 10.1. The number of benzene rings is 1. The highest BCUT2D eigenvalue weighted by Gasteiger charge is 2.25. The molecule has 0 aliphatic rings. The summed E-state index contributed by atoms with van der Waals surface area (Å²) >= 11 is 0. The molecule has 0 radical (unpaired) electrons. The maximum Gasteiger partial charge on any atom is 0.240 e. The van der Waals surface area contributed by atoms with Gasteiger partial charge in [0.1, 0.15) is 5.82 Å². The normalized spacial score (nSPS) is 13.2. The third kappa shape index (κ3) is 3.91. The van der Waals surface area contributed by atoms with Gasteiger partial charge in [0.25, 0.3) is 0 Å². The van der Waals surface area contributed by atoms with Gasteiger partial charge in [-0.25, -0.2) is 17.5 Å². The largest absolute Gasteiger partial charge is 0.240 e. The van der Waals surface area contributed by atoms with Crippen molar-refractivity contribution in [1.29, 1.82) is 0 Å². The summed E-state index contributed by atoms with van der Waals surface area (Å²) in [6.45, 7) is 4.03. The lowest BCUT2D eigenvalue weighted by Gasteiger charge is -2.21. The van der Waals surface area contributed by atoms with Crippen molar-refractivity contribution < 1.29 is 12.8 Å². The third-order valence-electron chi connectivity index (χ3n) is 3.77. The number of aromatic nitrogens is 7. The molecule has 0 bridgehead atoms.